The predicted octanol–water partition coefficient (Wildman–Crippen LogP) is 4.14. The van der Waals surface area contributed by atoms with Crippen LogP contribution in [0.15, 0.2) is 30.5 Å². The minimum absolute atomic E-state index is 0.0170. The van der Waals surface area contributed by atoms with Gasteiger partial charge >= 0.3 is 7.60 Å². The molecule has 0 aliphatic rings. The summed E-state index contributed by atoms with van der Waals surface area (Å²) in [6, 6.07) is 6.89. The first-order valence-electron chi connectivity index (χ1n) is 11.7. The topological polar surface area (TPSA) is 121 Å². The van der Waals surface area contributed by atoms with E-state index in [1.807, 2.05) is 44.3 Å². The molecule has 0 fully saturated rings. The third-order valence-corrected chi connectivity index (χ3v) is 7.01. The van der Waals surface area contributed by atoms with Gasteiger partial charge in [-0.2, -0.15) is 0 Å². The van der Waals surface area contributed by atoms with Gasteiger partial charge in [-0.25, -0.2) is 0 Å². The normalized spacial score (nSPS) is 15.2. The second-order valence-electron chi connectivity index (χ2n) is 8.88. The van der Waals surface area contributed by atoms with Gasteiger partial charge in [-0.3, -0.25) is 18.7 Å². The minimum Gasteiger partial charge on any atom is -0.361 e. The second kappa shape index (κ2) is 12.9. The van der Waals surface area contributed by atoms with Gasteiger partial charge in [0.05, 0.1) is 6.16 Å². The Balaban J connectivity index is 2.13. The summed E-state index contributed by atoms with van der Waals surface area (Å²) in [5.74, 6) is -0.837. The van der Waals surface area contributed by atoms with Crippen molar-refractivity contribution in [3.8, 4) is 0 Å². The molecule has 3 unspecified atom stereocenters. The van der Waals surface area contributed by atoms with E-state index in [0.717, 1.165) is 35.7 Å². The molecule has 1 aromatic carbocycles. The van der Waals surface area contributed by atoms with E-state index in [0.29, 0.717) is 6.42 Å². The molecule has 0 saturated heterocycles. The number of fused-ring (bicyclic) bond motifs is 1. The van der Waals surface area contributed by atoms with Gasteiger partial charge in [0.25, 0.3) is 0 Å². The standard InChI is InChI=1S/C24H38N3O5P/c1-5-6-7-10-13-33(30,31)32-22(14-17(2)3)24(29)27-21(23(28)25-4)15-18-16-26-20-12-9-8-11-19(18)20/h8-9,11-12,16-17,21-22,26H,5-7,10,13-15H2,1-4H3,(H,25,28)(H,27,29)(H,30,31). The van der Waals surface area contributed by atoms with Crippen molar-refractivity contribution in [1.29, 1.82) is 0 Å². The monoisotopic (exact) mass is 479 g/mol. The van der Waals surface area contributed by atoms with Crippen LogP contribution in [0.2, 0.25) is 0 Å². The molecule has 0 aliphatic heterocycles. The molecule has 8 nitrogen and oxygen atoms in total. The minimum atomic E-state index is -3.93. The van der Waals surface area contributed by atoms with Crippen LogP contribution in [0.4, 0.5) is 0 Å². The number of rotatable bonds is 14. The van der Waals surface area contributed by atoms with E-state index < -0.39 is 25.6 Å². The summed E-state index contributed by atoms with van der Waals surface area (Å²) in [6.07, 6.45) is 4.70. The summed E-state index contributed by atoms with van der Waals surface area (Å²) < 4.78 is 18.1. The zero-order valence-electron chi connectivity index (χ0n) is 20.1. The number of para-hydroxylation sites is 1. The van der Waals surface area contributed by atoms with Crippen molar-refractivity contribution in [2.75, 3.05) is 13.2 Å². The zero-order chi connectivity index (χ0) is 24.4. The lowest BCUT2D eigenvalue weighted by atomic mass is 10.0. The number of unbranched alkanes of at least 4 members (excludes halogenated alkanes) is 3. The van der Waals surface area contributed by atoms with Gasteiger partial charge in [0.2, 0.25) is 11.8 Å². The predicted molar refractivity (Wildman–Crippen MR) is 131 cm³/mol. The van der Waals surface area contributed by atoms with E-state index in [1.54, 1.807) is 0 Å². The Hall–Kier alpha value is -2.15. The number of nitrogens with one attached hydrogen (secondary N) is 3. The summed E-state index contributed by atoms with van der Waals surface area (Å²) in [4.78, 5) is 39.2. The largest absolute Gasteiger partial charge is 0.361 e. The number of amides is 2. The zero-order valence-corrected chi connectivity index (χ0v) is 21.0. The van der Waals surface area contributed by atoms with Crippen LogP contribution in [-0.2, 0) is 25.1 Å². The highest BCUT2D eigenvalue weighted by Gasteiger charge is 2.32. The molecule has 2 aromatic rings. The van der Waals surface area contributed by atoms with Crippen LogP contribution in [0.3, 0.4) is 0 Å². The number of aromatic nitrogens is 1. The number of H-pyrrole nitrogens is 1. The van der Waals surface area contributed by atoms with Crippen LogP contribution >= 0.6 is 7.60 Å². The lowest BCUT2D eigenvalue weighted by Crippen LogP contribution is -2.50. The lowest BCUT2D eigenvalue weighted by Gasteiger charge is -2.25. The fraction of sp³-hybridized carbons (Fsp3) is 0.583. The van der Waals surface area contributed by atoms with Gasteiger partial charge in [0.1, 0.15) is 12.1 Å². The average Bonchev–Trinajstić information content (AvgIpc) is 3.17. The van der Waals surface area contributed by atoms with E-state index in [-0.39, 0.29) is 30.8 Å². The molecule has 0 bridgehead atoms. The maximum absolute atomic E-state index is 13.1. The van der Waals surface area contributed by atoms with Crippen molar-refractivity contribution < 1.29 is 23.6 Å². The first-order chi connectivity index (χ1) is 15.7. The molecule has 184 valence electrons. The molecule has 2 rings (SSSR count). The van der Waals surface area contributed by atoms with Crippen molar-refractivity contribution >= 4 is 30.3 Å². The first kappa shape index (κ1) is 27.1. The van der Waals surface area contributed by atoms with Crippen molar-refractivity contribution in [3.63, 3.8) is 0 Å². The molecule has 0 saturated carbocycles. The van der Waals surface area contributed by atoms with Crippen molar-refractivity contribution in [1.82, 2.24) is 15.6 Å². The molecule has 0 radical (unpaired) electrons. The Morgan fingerprint density at radius 1 is 1.15 bits per heavy atom. The number of carbonyl (C=O) groups excluding carboxylic acids is 2. The number of carbonyl (C=O) groups is 2. The molecular formula is C24H38N3O5P. The lowest BCUT2D eigenvalue weighted by molar-refractivity contribution is -0.133. The maximum Gasteiger partial charge on any atom is 0.328 e. The van der Waals surface area contributed by atoms with Gasteiger partial charge in [0, 0.05) is 30.6 Å². The van der Waals surface area contributed by atoms with Gasteiger partial charge in [-0.05, 0) is 30.4 Å². The van der Waals surface area contributed by atoms with E-state index in [9.17, 15) is 19.0 Å². The number of aromatic amines is 1. The van der Waals surface area contributed by atoms with Crippen LogP contribution in [0.25, 0.3) is 10.9 Å². The summed E-state index contributed by atoms with van der Waals surface area (Å²) in [5.41, 5.74) is 1.84. The highest BCUT2D eigenvalue weighted by molar-refractivity contribution is 7.52. The Morgan fingerprint density at radius 3 is 2.55 bits per heavy atom. The average molecular weight is 480 g/mol. The molecule has 33 heavy (non-hydrogen) atoms. The summed E-state index contributed by atoms with van der Waals surface area (Å²) in [5, 5.41) is 6.32. The number of benzene rings is 1. The second-order valence-corrected chi connectivity index (χ2v) is 10.8. The smallest absolute Gasteiger partial charge is 0.328 e. The third kappa shape index (κ3) is 8.61. The molecule has 9 heteroatoms. The van der Waals surface area contributed by atoms with Crippen LogP contribution in [-0.4, -0.2) is 47.0 Å². The van der Waals surface area contributed by atoms with E-state index in [2.05, 4.69) is 22.5 Å². The SMILES string of the molecule is CCCCCCP(=O)(O)OC(CC(C)C)C(=O)NC(Cc1c[nH]c2ccccc12)C(=O)NC. The van der Waals surface area contributed by atoms with Gasteiger partial charge in [-0.1, -0.05) is 58.2 Å². The van der Waals surface area contributed by atoms with Gasteiger partial charge in [-0.15, -0.1) is 0 Å². The fourth-order valence-electron chi connectivity index (χ4n) is 3.78. The van der Waals surface area contributed by atoms with E-state index >= 15 is 0 Å². The number of hydrogen-bond acceptors (Lipinski definition) is 4. The Bertz CT molecular complexity index is 958. The molecule has 0 spiro atoms. The van der Waals surface area contributed by atoms with Crippen LogP contribution in [0.5, 0.6) is 0 Å². The molecule has 2 amide bonds. The Kier molecular flexibility index (Phi) is 10.6. The Morgan fingerprint density at radius 2 is 1.88 bits per heavy atom. The molecule has 0 aliphatic carbocycles. The summed E-state index contributed by atoms with van der Waals surface area (Å²) in [7, 11) is -2.42. The van der Waals surface area contributed by atoms with E-state index in [1.165, 1.54) is 7.05 Å². The number of hydrogen-bond donors (Lipinski definition) is 4. The van der Waals surface area contributed by atoms with Crippen molar-refractivity contribution in [3.05, 3.63) is 36.0 Å². The summed E-state index contributed by atoms with van der Waals surface area (Å²) in [6.45, 7) is 5.89. The first-order valence-corrected chi connectivity index (χ1v) is 13.5. The molecule has 1 heterocycles. The van der Waals surface area contributed by atoms with Crippen LogP contribution in [0, 0.1) is 5.92 Å². The van der Waals surface area contributed by atoms with Crippen molar-refractivity contribution in [2.45, 2.75) is 71.4 Å². The highest BCUT2D eigenvalue weighted by Crippen LogP contribution is 2.45. The van der Waals surface area contributed by atoms with Gasteiger partial charge in [0.15, 0.2) is 0 Å². The van der Waals surface area contributed by atoms with E-state index in [4.69, 9.17) is 4.52 Å². The highest BCUT2D eigenvalue weighted by atomic mass is 31.2. The number of likely N-dealkylation sites (N-methyl/N-ethyl adjacent to an activating group) is 1. The molecule has 1 aromatic heterocycles. The fourth-order valence-corrected chi connectivity index (χ4v) is 5.09. The van der Waals surface area contributed by atoms with Gasteiger partial charge < -0.3 is 20.5 Å². The molecule has 3 atom stereocenters. The molecular weight excluding hydrogens is 441 g/mol. The molecule has 4 N–H and O–H groups in total. The Labute approximate surface area is 196 Å². The van der Waals surface area contributed by atoms with Crippen LogP contribution < -0.4 is 10.6 Å². The maximum atomic E-state index is 13.1. The van der Waals surface area contributed by atoms with Crippen LogP contribution in [0.1, 0.15) is 58.4 Å². The summed E-state index contributed by atoms with van der Waals surface area (Å²) >= 11 is 0. The third-order valence-electron chi connectivity index (χ3n) is 5.54. The van der Waals surface area contributed by atoms with Crippen molar-refractivity contribution in [2.24, 2.45) is 5.92 Å². The quantitative estimate of drug-likeness (QED) is 0.240.